The number of rotatable bonds is 72. The van der Waals surface area contributed by atoms with Crippen LogP contribution in [-0.2, 0) is 105 Å². The first kappa shape index (κ1) is 107. The van der Waals surface area contributed by atoms with Crippen molar-refractivity contribution in [2.45, 2.75) is 252 Å². The molecule has 3 aliphatic heterocycles. The second-order valence-corrected chi connectivity index (χ2v) is 29.0. The molecule has 0 aromatic carbocycles. The van der Waals surface area contributed by atoms with Crippen molar-refractivity contribution in [2.75, 3.05) is 178 Å². The monoisotopic (exact) mass is 1720 g/mol. The minimum Gasteiger partial charge on any atom is -0.394 e. The van der Waals surface area contributed by atoms with Gasteiger partial charge in [0.1, 0.15) is 93.1 Å². The standard InChI is InChI=1S/C76H139N9O34/c1-107-30-12-3-2-9-23-77-60(93)43-51(17-4-10-24-78-62(95)48-111-40-37-108-34-27-81-56(89)19-6-13-31-114-74-71(104)68(101)65(98)53(45-86)117-74)85-61(94)44-52(18-5-11-25-79-63(96)49-112-41-38-109-35-28-82-57(90)20-7-14-32-115-75-72(105)69(102)66(99)54(46-87)118-75)84-59(92)22-16-26-80-64(97)50-113-42-39-110-36-29-83-58(91)21-8-15-33-116-76-73(106)70(103)67(100)55(47-88)119-76/h51-55,65-76,86-88,98-106H,2-50H2,1H3,(H,77,93)(H,78,95)(H,79,96)(H,80,97)(H,81,89)(H,82,90)(H,83,91)(H,84,92)(H,85,94)/t51-,52-,53?,54?,55?,65+,66+,67+,68-,69-,70-,71?,72?,73?,74+,75+,76+/m0/s1. The number of ether oxygens (including phenoxy) is 13. The van der Waals surface area contributed by atoms with E-state index in [0.717, 1.165) is 25.7 Å². The lowest BCUT2D eigenvalue weighted by Gasteiger charge is -2.39. The van der Waals surface area contributed by atoms with Gasteiger partial charge in [-0.05, 0) is 96.3 Å². The van der Waals surface area contributed by atoms with Crippen molar-refractivity contribution in [2.24, 2.45) is 0 Å². The number of methoxy groups -OCH3 is 1. The normalized spacial score (nSPS) is 23.5. The van der Waals surface area contributed by atoms with Gasteiger partial charge in [0.05, 0.1) is 79.3 Å². The summed E-state index contributed by atoms with van der Waals surface area (Å²) in [5.74, 6) is -2.96. The van der Waals surface area contributed by atoms with Crippen LogP contribution in [0.1, 0.15) is 148 Å². The Hall–Kier alpha value is -5.77. The molecule has 0 aromatic rings. The van der Waals surface area contributed by atoms with Crippen molar-refractivity contribution < 1.29 is 166 Å². The first-order chi connectivity index (χ1) is 57.4. The summed E-state index contributed by atoms with van der Waals surface area (Å²) >= 11 is 0. The fraction of sp³-hybridized carbons (Fsp3) is 0.882. The molecule has 9 amide bonds. The van der Waals surface area contributed by atoms with Crippen molar-refractivity contribution in [3.63, 3.8) is 0 Å². The molecule has 43 nitrogen and oxygen atoms in total. The zero-order chi connectivity index (χ0) is 87.2. The van der Waals surface area contributed by atoms with Gasteiger partial charge < -0.3 is 171 Å². The molecule has 0 spiro atoms. The predicted octanol–water partition coefficient (Wildman–Crippen LogP) is -7.06. The Morgan fingerprint density at radius 1 is 0.277 bits per heavy atom. The van der Waals surface area contributed by atoms with Crippen LogP contribution < -0.4 is 47.9 Å². The summed E-state index contributed by atoms with van der Waals surface area (Å²) in [7, 11) is 1.64. The van der Waals surface area contributed by atoms with Gasteiger partial charge in [-0.1, -0.05) is 12.8 Å². The van der Waals surface area contributed by atoms with Gasteiger partial charge in [0.15, 0.2) is 18.9 Å². The smallest absolute Gasteiger partial charge is 0.245 e. The van der Waals surface area contributed by atoms with Crippen molar-refractivity contribution in [3.8, 4) is 0 Å². The molecule has 0 saturated carbocycles. The molecule has 3 rings (SSSR count). The number of carbonyl (C=O) groups excluding carboxylic acids is 9. The number of aliphatic hydroxyl groups is 12. The molecule has 119 heavy (non-hydrogen) atoms. The molecular formula is C76H139N9O34. The molecule has 0 radical (unpaired) electrons. The maximum absolute atomic E-state index is 14.0. The maximum Gasteiger partial charge on any atom is 0.245 e. The van der Waals surface area contributed by atoms with Crippen LogP contribution in [0.2, 0.25) is 0 Å². The van der Waals surface area contributed by atoms with Gasteiger partial charge in [-0.3, -0.25) is 43.2 Å². The zero-order valence-electron chi connectivity index (χ0n) is 68.8. The van der Waals surface area contributed by atoms with E-state index in [4.69, 9.17) is 61.6 Å². The molecule has 0 bridgehead atoms. The number of unbranched alkanes of at least 4 members (excludes halogenated alkanes) is 8. The largest absolute Gasteiger partial charge is 0.394 e. The Kier molecular flexibility index (Phi) is 61.1. The molecule has 43 heteroatoms. The highest BCUT2D eigenvalue weighted by Gasteiger charge is 2.46. The number of amides is 9. The molecule has 3 saturated heterocycles. The van der Waals surface area contributed by atoms with E-state index in [2.05, 4.69) is 47.9 Å². The quantitative estimate of drug-likeness (QED) is 0.0252. The van der Waals surface area contributed by atoms with E-state index in [1.54, 1.807) is 7.11 Å². The molecule has 6 unspecified atom stereocenters. The minimum absolute atomic E-state index is 0.0119. The van der Waals surface area contributed by atoms with E-state index < -0.39 is 136 Å². The number of aliphatic hydroxyl groups excluding tert-OH is 12. The van der Waals surface area contributed by atoms with E-state index in [1.165, 1.54) is 0 Å². The van der Waals surface area contributed by atoms with Crippen LogP contribution >= 0.6 is 0 Å². The van der Waals surface area contributed by atoms with Crippen molar-refractivity contribution >= 4 is 53.2 Å². The Labute approximate surface area is 695 Å². The molecule has 0 aromatic heterocycles. The summed E-state index contributed by atoms with van der Waals surface area (Å²) in [6, 6.07) is -1.29. The average Bonchev–Trinajstić information content (AvgIpc) is 0.831. The van der Waals surface area contributed by atoms with E-state index in [9.17, 15) is 104 Å². The van der Waals surface area contributed by atoms with E-state index >= 15 is 0 Å². The first-order valence-electron chi connectivity index (χ1n) is 41.6. The van der Waals surface area contributed by atoms with Crippen LogP contribution in [0.5, 0.6) is 0 Å². The van der Waals surface area contributed by atoms with Gasteiger partial charge in [0.2, 0.25) is 53.2 Å². The Bertz CT molecular complexity index is 2730. The molecule has 3 fully saturated rings. The lowest BCUT2D eigenvalue weighted by atomic mass is 9.99. The topological polar surface area (TPSA) is 625 Å². The number of nitrogens with one attached hydrogen (secondary N) is 9. The summed E-state index contributed by atoms with van der Waals surface area (Å²) < 4.78 is 70.2. The Morgan fingerprint density at radius 3 is 0.933 bits per heavy atom. The predicted molar refractivity (Wildman–Crippen MR) is 417 cm³/mol. The lowest BCUT2D eigenvalue weighted by Crippen LogP contribution is -2.59. The average molecular weight is 1720 g/mol. The highest BCUT2D eigenvalue weighted by Crippen LogP contribution is 2.25. The first-order valence-corrected chi connectivity index (χ1v) is 41.6. The van der Waals surface area contributed by atoms with Gasteiger partial charge in [-0.15, -0.1) is 0 Å². The third-order valence-corrected chi connectivity index (χ3v) is 19.0. The van der Waals surface area contributed by atoms with Crippen LogP contribution in [0.25, 0.3) is 0 Å². The second kappa shape index (κ2) is 67.7. The minimum atomic E-state index is -1.56. The molecule has 17 atom stereocenters. The molecule has 21 N–H and O–H groups in total. The van der Waals surface area contributed by atoms with E-state index in [1.807, 2.05) is 0 Å². The van der Waals surface area contributed by atoms with Crippen molar-refractivity contribution in [1.29, 1.82) is 0 Å². The van der Waals surface area contributed by atoms with Crippen LogP contribution in [-0.4, -0.2) is 397 Å². The van der Waals surface area contributed by atoms with E-state index in [0.29, 0.717) is 90.2 Å². The van der Waals surface area contributed by atoms with Gasteiger partial charge in [-0.25, -0.2) is 0 Å². The Balaban J connectivity index is 1.41. The SMILES string of the molecule is COCCCCCCNC(=O)C[C@H](CCCCNC(=O)COCCOCCNC(=O)CCCCO[C@@H]1OC(CO)[C@@H](O)[C@H](O)C1O)NC(=O)C[C@H](CCCCNC(=O)COCCOCCNC(=O)CCCCO[C@@H]1OC(CO)[C@@H](O)[C@H](O)C1O)NC(=O)CCCNC(=O)COCCOCCNC(=O)CCCCO[C@@H]1OC(CO)[C@@H](O)[C@H](O)C1O. The van der Waals surface area contributed by atoms with Gasteiger partial charge >= 0.3 is 0 Å². The fourth-order valence-electron chi connectivity index (χ4n) is 12.2. The number of hydrogen-bond acceptors (Lipinski definition) is 34. The van der Waals surface area contributed by atoms with Gasteiger partial charge in [0.25, 0.3) is 0 Å². The summed E-state index contributed by atoms with van der Waals surface area (Å²) in [6.45, 7) is 1.40. The summed E-state index contributed by atoms with van der Waals surface area (Å²) in [5.41, 5.74) is 0. The third-order valence-electron chi connectivity index (χ3n) is 19.0. The van der Waals surface area contributed by atoms with Gasteiger partial charge in [0, 0.05) is 130 Å². The molecule has 3 aliphatic rings. The second-order valence-electron chi connectivity index (χ2n) is 29.0. The van der Waals surface area contributed by atoms with Crippen LogP contribution in [0, 0.1) is 0 Å². The zero-order valence-corrected chi connectivity index (χ0v) is 68.8. The van der Waals surface area contributed by atoms with Gasteiger partial charge in [-0.2, -0.15) is 0 Å². The van der Waals surface area contributed by atoms with Crippen LogP contribution in [0.3, 0.4) is 0 Å². The molecule has 692 valence electrons. The third kappa shape index (κ3) is 49.9. The molecule has 3 heterocycles. The number of carbonyl (C=O) groups is 9. The highest BCUT2D eigenvalue weighted by atomic mass is 16.7. The van der Waals surface area contributed by atoms with E-state index in [-0.39, 0.29) is 225 Å². The van der Waals surface area contributed by atoms with Crippen molar-refractivity contribution in [3.05, 3.63) is 0 Å². The van der Waals surface area contributed by atoms with Crippen LogP contribution in [0.4, 0.5) is 0 Å². The highest BCUT2D eigenvalue weighted by molar-refractivity contribution is 5.82. The molecular weight excluding hydrogens is 1580 g/mol. The summed E-state index contributed by atoms with van der Waals surface area (Å²) in [6.07, 6.45) is -11.5. The van der Waals surface area contributed by atoms with Crippen LogP contribution in [0.15, 0.2) is 0 Å². The molecule has 0 aliphatic carbocycles. The Morgan fingerprint density at radius 2 is 0.571 bits per heavy atom. The fourth-order valence-corrected chi connectivity index (χ4v) is 12.2. The number of hydrogen-bond donors (Lipinski definition) is 21. The summed E-state index contributed by atoms with van der Waals surface area (Å²) in [5, 5.41) is 143. The maximum atomic E-state index is 14.0. The lowest BCUT2D eigenvalue weighted by molar-refractivity contribution is -0.301. The summed E-state index contributed by atoms with van der Waals surface area (Å²) in [4.78, 5) is 115. The van der Waals surface area contributed by atoms with Crippen molar-refractivity contribution in [1.82, 2.24) is 47.9 Å².